The molecule has 0 amide bonds. The fourth-order valence-electron chi connectivity index (χ4n) is 12.8. The molecule has 0 fully saturated rings. The lowest BCUT2D eigenvalue weighted by Crippen LogP contribution is -2.30. The molecule has 0 aromatic heterocycles. The Morgan fingerprint density at radius 2 is 0.455 bits per heavy atom. The predicted octanol–water partition coefficient (Wildman–Crippen LogP) is 24.8. The second-order valence-electron chi connectivity index (χ2n) is 30.0. The molecule has 0 aromatic carbocycles. The minimum atomic E-state index is -4.96. The number of phosphoric acid groups is 2. The average molecular weight is 1480 g/mol. The number of hydrogen-bond donors (Lipinski definition) is 3. The summed E-state index contributed by atoms with van der Waals surface area (Å²) in [5.74, 6) is -1.35. The number of rotatable bonds is 82. The van der Waals surface area contributed by atoms with Crippen molar-refractivity contribution in [3.8, 4) is 0 Å². The van der Waals surface area contributed by atoms with E-state index < -0.39 is 97.5 Å². The molecule has 17 nitrogen and oxygen atoms in total. The highest BCUT2D eigenvalue weighted by atomic mass is 31.2. The molecule has 0 heterocycles. The number of hydrogen-bond acceptors (Lipinski definition) is 15. The van der Waals surface area contributed by atoms with E-state index in [0.29, 0.717) is 25.7 Å². The fraction of sp³-hybridized carbons (Fsp3) is 0.951. The Hall–Kier alpha value is -1.94. The van der Waals surface area contributed by atoms with E-state index in [1.54, 1.807) is 0 Å². The van der Waals surface area contributed by atoms with Gasteiger partial charge in [0.2, 0.25) is 0 Å². The predicted molar refractivity (Wildman–Crippen MR) is 414 cm³/mol. The summed E-state index contributed by atoms with van der Waals surface area (Å²) in [5.41, 5.74) is 0. The Balaban J connectivity index is 5.24. The van der Waals surface area contributed by atoms with Crippen molar-refractivity contribution < 1.29 is 80.2 Å². The van der Waals surface area contributed by atoms with Crippen LogP contribution >= 0.6 is 15.6 Å². The Morgan fingerprint density at radius 3 is 0.673 bits per heavy atom. The number of aliphatic hydroxyl groups is 1. The largest absolute Gasteiger partial charge is 0.472 e. The minimum Gasteiger partial charge on any atom is -0.462 e. The number of aliphatic hydroxyl groups excluding tert-OH is 1. The van der Waals surface area contributed by atoms with Gasteiger partial charge in [-0.25, -0.2) is 9.13 Å². The van der Waals surface area contributed by atoms with E-state index in [-0.39, 0.29) is 25.7 Å². The monoisotopic (exact) mass is 1480 g/mol. The SMILES string of the molecule is CCCCCCCCCCCCCCCCCCCCCCC(=O)O[C@H](COC(=O)CCCCCCCCCCCCCCCCCC)COP(=O)(O)OC[C@@H](O)COP(=O)(O)OC[C@@H](COC(=O)CCCCCCCCCCCCCC)OC(=O)CCCCCCCCCCCCC(C)C. The van der Waals surface area contributed by atoms with Gasteiger partial charge in [-0.1, -0.05) is 388 Å². The molecule has 0 aliphatic heterocycles. The summed E-state index contributed by atoms with van der Waals surface area (Å²) in [7, 11) is -9.92. The quantitative estimate of drug-likeness (QED) is 0.0222. The highest BCUT2D eigenvalue weighted by Crippen LogP contribution is 2.45. The van der Waals surface area contributed by atoms with Crippen LogP contribution in [0.15, 0.2) is 0 Å². The lowest BCUT2D eigenvalue weighted by atomic mass is 10.0. The van der Waals surface area contributed by atoms with Crippen LogP contribution in [0.3, 0.4) is 0 Å². The first-order chi connectivity index (χ1) is 49.0. The van der Waals surface area contributed by atoms with Gasteiger partial charge in [0.25, 0.3) is 0 Å². The topological polar surface area (TPSA) is 237 Å². The lowest BCUT2D eigenvalue weighted by molar-refractivity contribution is -0.161. The molecule has 0 aromatic rings. The molecule has 0 aliphatic carbocycles. The van der Waals surface area contributed by atoms with E-state index in [1.165, 1.54) is 263 Å². The van der Waals surface area contributed by atoms with Crippen LogP contribution in [0.5, 0.6) is 0 Å². The van der Waals surface area contributed by atoms with Crippen molar-refractivity contribution in [3.63, 3.8) is 0 Å². The average Bonchev–Trinajstić information content (AvgIpc) is 1.43. The Kier molecular flexibility index (Phi) is 73.5. The van der Waals surface area contributed by atoms with Gasteiger partial charge in [-0.3, -0.25) is 37.3 Å². The summed E-state index contributed by atoms with van der Waals surface area (Å²) >= 11 is 0. The zero-order chi connectivity index (χ0) is 74.1. The van der Waals surface area contributed by atoms with E-state index in [9.17, 15) is 43.2 Å². The van der Waals surface area contributed by atoms with Crippen molar-refractivity contribution in [1.82, 2.24) is 0 Å². The van der Waals surface area contributed by atoms with Gasteiger partial charge in [0.05, 0.1) is 26.4 Å². The highest BCUT2D eigenvalue weighted by molar-refractivity contribution is 7.47. The molecule has 0 radical (unpaired) electrons. The maximum atomic E-state index is 13.1. The van der Waals surface area contributed by atoms with E-state index in [0.717, 1.165) is 95.8 Å². The standard InChI is InChI=1S/C82H160O17P2/c1-6-9-12-15-18-21-24-27-29-31-32-33-34-36-38-41-47-52-57-62-67-81(86)98-77(71-93-80(85)66-61-56-51-46-40-37-35-30-28-25-22-19-16-13-10-7-2)73-96-100(88,89)94-69-76(83)70-95-101(90,91)97-74-78(72-92-79(84)65-60-55-50-45-39-26-23-20-17-14-11-8-3)99-82(87)68-63-58-53-48-43-42-44-49-54-59-64-75(4)5/h75-78,83H,6-74H2,1-5H3,(H,88,89)(H,90,91)/t76-,77-,78-/m1/s1. The molecule has 2 unspecified atom stereocenters. The number of ether oxygens (including phenoxy) is 4. The van der Waals surface area contributed by atoms with Crippen LogP contribution in [0, 0.1) is 5.92 Å². The Labute approximate surface area is 619 Å². The third kappa shape index (κ3) is 76.1. The third-order valence-electron chi connectivity index (χ3n) is 19.3. The molecule has 19 heteroatoms. The van der Waals surface area contributed by atoms with E-state index in [2.05, 4.69) is 34.6 Å². The summed E-state index contributed by atoms with van der Waals surface area (Å²) in [6, 6.07) is 0. The summed E-state index contributed by atoms with van der Waals surface area (Å²) < 4.78 is 68.8. The van der Waals surface area contributed by atoms with Crippen molar-refractivity contribution >= 4 is 39.5 Å². The maximum Gasteiger partial charge on any atom is 0.472 e. The number of esters is 4. The molecular formula is C82H160O17P2. The first-order valence-electron chi connectivity index (χ1n) is 42.6. The van der Waals surface area contributed by atoms with Crippen LogP contribution in [0.1, 0.15) is 439 Å². The van der Waals surface area contributed by atoms with Gasteiger partial charge < -0.3 is 33.8 Å². The maximum absolute atomic E-state index is 13.1. The highest BCUT2D eigenvalue weighted by Gasteiger charge is 2.30. The first kappa shape index (κ1) is 99.1. The van der Waals surface area contributed by atoms with Crippen molar-refractivity contribution in [2.75, 3.05) is 39.6 Å². The third-order valence-corrected chi connectivity index (χ3v) is 21.2. The zero-order valence-electron chi connectivity index (χ0n) is 66.1. The second-order valence-corrected chi connectivity index (χ2v) is 32.9. The van der Waals surface area contributed by atoms with Gasteiger partial charge in [0, 0.05) is 25.7 Å². The van der Waals surface area contributed by atoms with E-state index in [4.69, 9.17) is 37.0 Å². The number of carbonyl (C=O) groups is 4. The number of phosphoric ester groups is 2. The van der Waals surface area contributed by atoms with Gasteiger partial charge >= 0.3 is 39.5 Å². The van der Waals surface area contributed by atoms with Gasteiger partial charge in [-0.15, -0.1) is 0 Å². The molecule has 0 saturated carbocycles. The van der Waals surface area contributed by atoms with Gasteiger partial charge in [-0.2, -0.15) is 0 Å². The van der Waals surface area contributed by atoms with E-state index in [1.807, 2.05) is 0 Å². The Morgan fingerprint density at radius 1 is 0.267 bits per heavy atom. The first-order valence-corrected chi connectivity index (χ1v) is 45.6. The van der Waals surface area contributed by atoms with Crippen molar-refractivity contribution in [1.29, 1.82) is 0 Å². The Bertz CT molecular complexity index is 1930. The van der Waals surface area contributed by atoms with Crippen LogP contribution in [0.25, 0.3) is 0 Å². The zero-order valence-corrected chi connectivity index (χ0v) is 67.8. The number of carbonyl (C=O) groups excluding carboxylic acids is 4. The lowest BCUT2D eigenvalue weighted by Gasteiger charge is -2.21. The van der Waals surface area contributed by atoms with Crippen molar-refractivity contribution in [2.45, 2.75) is 457 Å². The van der Waals surface area contributed by atoms with Gasteiger partial charge in [0.15, 0.2) is 12.2 Å². The van der Waals surface area contributed by atoms with Crippen molar-refractivity contribution in [2.24, 2.45) is 5.92 Å². The van der Waals surface area contributed by atoms with Crippen LogP contribution in [0.4, 0.5) is 0 Å². The molecule has 0 rings (SSSR count). The molecular weight excluding hydrogens is 1320 g/mol. The van der Waals surface area contributed by atoms with Gasteiger partial charge in [-0.05, 0) is 31.6 Å². The molecule has 600 valence electrons. The van der Waals surface area contributed by atoms with Crippen LogP contribution < -0.4 is 0 Å². The van der Waals surface area contributed by atoms with Crippen molar-refractivity contribution in [3.05, 3.63) is 0 Å². The van der Waals surface area contributed by atoms with Gasteiger partial charge in [0.1, 0.15) is 19.3 Å². The summed E-state index contributed by atoms with van der Waals surface area (Å²) in [5, 5.41) is 10.7. The molecule has 5 atom stereocenters. The molecule has 101 heavy (non-hydrogen) atoms. The molecule has 0 bridgehead atoms. The number of unbranched alkanes of at least 4 members (excludes halogenated alkanes) is 54. The molecule has 0 aliphatic rings. The molecule has 0 spiro atoms. The second kappa shape index (κ2) is 74.9. The van der Waals surface area contributed by atoms with Crippen LogP contribution in [-0.2, 0) is 65.4 Å². The smallest absolute Gasteiger partial charge is 0.462 e. The molecule has 0 saturated heterocycles. The van der Waals surface area contributed by atoms with Crippen LogP contribution in [0.2, 0.25) is 0 Å². The summed E-state index contributed by atoms with van der Waals surface area (Å²) in [6.07, 6.45) is 66.6. The summed E-state index contributed by atoms with van der Waals surface area (Å²) in [4.78, 5) is 73.1. The minimum absolute atomic E-state index is 0.107. The van der Waals surface area contributed by atoms with Crippen LogP contribution in [-0.4, -0.2) is 96.7 Å². The molecule has 3 N–H and O–H groups in total. The normalized spacial score (nSPS) is 13.8. The van der Waals surface area contributed by atoms with E-state index >= 15 is 0 Å². The fourth-order valence-corrected chi connectivity index (χ4v) is 14.3. The summed E-state index contributed by atoms with van der Waals surface area (Å²) in [6.45, 7) is 7.33.